The summed E-state index contributed by atoms with van der Waals surface area (Å²) in [5.41, 5.74) is 2.15. The van der Waals surface area contributed by atoms with Gasteiger partial charge in [-0.15, -0.1) is 0 Å². The molecule has 1 aromatic heterocycles. The van der Waals surface area contributed by atoms with Gasteiger partial charge in [0.1, 0.15) is 7.05 Å². The number of phenols is 1. The van der Waals surface area contributed by atoms with Crippen LogP contribution in [-0.4, -0.2) is 17.1 Å². The Labute approximate surface area is 167 Å². The predicted molar refractivity (Wildman–Crippen MR) is 113 cm³/mol. The van der Waals surface area contributed by atoms with Gasteiger partial charge in [0.15, 0.2) is 11.5 Å². The Kier molecular flexibility index (Phi) is 4.60. The van der Waals surface area contributed by atoms with Crippen molar-refractivity contribution in [3.63, 3.8) is 0 Å². The number of nitro benzene ring substituents is 1. The van der Waals surface area contributed by atoms with Crippen molar-refractivity contribution in [2.24, 2.45) is 7.05 Å². The van der Waals surface area contributed by atoms with Crippen LogP contribution in [0.25, 0.3) is 33.8 Å². The molecule has 3 aromatic carbocycles. The van der Waals surface area contributed by atoms with Crippen LogP contribution in [-0.2, 0) is 7.05 Å². The molecule has 4 aromatic rings. The lowest BCUT2D eigenvalue weighted by atomic mass is 10.0. The smallest absolute Gasteiger partial charge is 0.274 e. The number of hydrogen-bond donors (Lipinski definition) is 1. The molecule has 0 radical (unpaired) electrons. The lowest BCUT2D eigenvalue weighted by Crippen LogP contribution is -2.33. The molecule has 144 valence electrons. The molecule has 6 nitrogen and oxygen atoms in total. The number of nitrogens with zero attached hydrogens (tertiary/aromatic N) is 2. The van der Waals surface area contributed by atoms with Gasteiger partial charge in [0.05, 0.1) is 28.9 Å². The number of rotatable bonds is 4. The predicted octanol–water partition coefficient (Wildman–Crippen LogP) is 4.61. The van der Waals surface area contributed by atoms with Gasteiger partial charge in [-0.1, -0.05) is 30.3 Å². The summed E-state index contributed by atoms with van der Waals surface area (Å²) < 4.78 is 7.16. The van der Waals surface area contributed by atoms with E-state index in [9.17, 15) is 15.2 Å². The lowest BCUT2D eigenvalue weighted by Gasteiger charge is -2.08. The summed E-state index contributed by atoms with van der Waals surface area (Å²) in [6, 6.07) is 18.8. The van der Waals surface area contributed by atoms with Gasteiger partial charge in [-0.05, 0) is 18.2 Å². The second-order valence-corrected chi connectivity index (χ2v) is 6.68. The quantitative estimate of drug-likeness (QED) is 0.240. The van der Waals surface area contributed by atoms with Crippen LogP contribution >= 0.6 is 0 Å². The molecule has 0 aliphatic carbocycles. The number of aromatic hydroxyl groups is 1. The van der Waals surface area contributed by atoms with Crippen molar-refractivity contribution in [1.29, 1.82) is 0 Å². The fraction of sp³-hybridized carbons (Fsp3) is 0.0870. The molecule has 0 bridgehead atoms. The van der Waals surface area contributed by atoms with Crippen molar-refractivity contribution in [3.05, 3.63) is 82.0 Å². The zero-order valence-corrected chi connectivity index (χ0v) is 16.0. The molecule has 0 aliphatic rings. The molecule has 0 amide bonds. The fourth-order valence-electron chi connectivity index (χ4n) is 3.62. The van der Waals surface area contributed by atoms with Gasteiger partial charge in [0.2, 0.25) is 11.2 Å². The first-order valence-electron chi connectivity index (χ1n) is 9.04. The summed E-state index contributed by atoms with van der Waals surface area (Å²) in [4.78, 5) is 10.7. The SMILES string of the molecule is COc1cc([N+](=O)[O-])cc(/C=C/c2c3ccccc3c3ccccc3[n+]2C)c1O. The third-order valence-corrected chi connectivity index (χ3v) is 5.06. The number of non-ortho nitro benzene ring substituents is 1. The largest absolute Gasteiger partial charge is 0.504 e. The minimum Gasteiger partial charge on any atom is -0.504 e. The monoisotopic (exact) mass is 387 g/mol. The highest BCUT2D eigenvalue weighted by molar-refractivity contribution is 6.06. The third-order valence-electron chi connectivity index (χ3n) is 5.06. The van der Waals surface area contributed by atoms with Gasteiger partial charge in [0, 0.05) is 29.2 Å². The highest BCUT2D eigenvalue weighted by Gasteiger charge is 2.18. The molecule has 0 atom stereocenters. The van der Waals surface area contributed by atoms with Crippen molar-refractivity contribution >= 4 is 39.5 Å². The summed E-state index contributed by atoms with van der Waals surface area (Å²) in [5.74, 6) is -0.0753. The Hall–Kier alpha value is -3.93. The van der Waals surface area contributed by atoms with Crippen molar-refractivity contribution in [2.75, 3.05) is 7.11 Å². The Balaban J connectivity index is 1.95. The maximum absolute atomic E-state index is 11.2. The number of methoxy groups -OCH3 is 1. The lowest BCUT2D eigenvalue weighted by molar-refractivity contribution is -0.645. The zero-order valence-electron chi connectivity index (χ0n) is 16.0. The molecule has 0 spiro atoms. The van der Waals surface area contributed by atoms with Crippen molar-refractivity contribution in [2.45, 2.75) is 0 Å². The number of nitro groups is 1. The van der Waals surface area contributed by atoms with Gasteiger partial charge in [-0.3, -0.25) is 10.1 Å². The van der Waals surface area contributed by atoms with E-state index < -0.39 is 4.92 Å². The van der Waals surface area contributed by atoms with Crippen LogP contribution in [0.3, 0.4) is 0 Å². The molecule has 0 saturated carbocycles. The molecule has 29 heavy (non-hydrogen) atoms. The Morgan fingerprint density at radius 3 is 2.34 bits per heavy atom. The first kappa shape index (κ1) is 18.4. The van der Waals surface area contributed by atoms with Crippen LogP contribution in [0.2, 0.25) is 0 Å². The zero-order chi connectivity index (χ0) is 20.5. The molecule has 1 heterocycles. The molecule has 1 N–H and O–H groups in total. The maximum Gasteiger partial charge on any atom is 0.274 e. The molecule has 6 heteroatoms. The van der Waals surface area contributed by atoms with E-state index in [4.69, 9.17) is 4.74 Å². The van der Waals surface area contributed by atoms with Crippen LogP contribution in [0.4, 0.5) is 5.69 Å². The number of phenolic OH excluding ortho intramolecular Hbond substituents is 1. The standard InChI is InChI=1S/C23H18N2O4/c1-24-20-10-6-5-9-18(20)17-7-3-4-8-19(17)21(24)12-11-15-13-16(25(27)28)14-22(29-2)23(15)26/h3-14H,1-2H3/p+1. The molecule has 0 fully saturated rings. The van der Waals surface area contributed by atoms with Gasteiger partial charge in [0.25, 0.3) is 5.69 Å². The minimum atomic E-state index is -0.509. The van der Waals surface area contributed by atoms with Crippen molar-refractivity contribution < 1.29 is 19.3 Å². The number of ether oxygens (including phenoxy) is 1. The van der Waals surface area contributed by atoms with Gasteiger partial charge < -0.3 is 9.84 Å². The average Bonchev–Trinajstić information content (AvgIpc) is 2.74. The molecule has 0 unspecified atom stereocenters. The van der Waals surface area contributed by atoms with E-state index in [1.165, 1.54) is 19.2 Å². The number of benzene rings is 3. The Morgan fingerprint density at radius 1 is 1.00 bits per heavy atom. The number of pyridine rings is 1. The summed E-state index contributed by atoms with van der Waals surface area (Å²) in [5, 5.41) is 24.9. The normalized spacial score (nSPS) is 11.4. The van der Waals surface area contributed by atoms with Gasteiger partial charge in [-0.2, -0.15) is 4.57 Å². The van der Waals surface area contributed by atoms with Crippen molar-refractivity contribution in [3.8, 4) is 11.5 Å². The summed E-state index contributed by atoms with van der Waals surface area (Å²) >= 11 is 0. The minimum absolute atomic E-state index is 0.0617. The Bertz CT molecular complexity index is 1300. The molecular formula is C23H19N2O4+. The number of para-hydroxylation sites is 1. The second kappa shape index (κ2) is 7.24. The molecular weight excluding hydrogens is 368 g/mol. The van der Waals surface area contributed by atoms with Crippen LogP contribution in [0.5, 0.6) is 11.5 Å². The highest BCUT2D eigenvalue weighted by Crippen LogP contribution is 2.36. The van der Waals surface area contributed by atoms with E-state index in [1.807, 2.05) is 49.5 Å². The van der Waals surface area contributed by atoms with E-state index >= 15 is 0 Å². The van der Waals surface area contributed by atoms with E-state index in [0.29, 0.717) is 5.56 Å². The van der Waals surface area contributed by atoms with Crippen LogP contribution in [0.1, 0.15) is 11.3 Å². The summed E-state index contributed by atoms with van der Waals surface area (Å²) in [7, 11) is 3.34. The number of fused-ring (bicyclic) bond motifs is 3. The number of aryl methyl sites for hydroxylation is 1. The van der Waals surface area contributed by atoms with Gasteiger partial charge >= 0.3 is 0 Å². The molecule has 4 rings (SSSR count). The molecule has 0 saturated heterocycles. The van der Waals surface area contributed by atoms with Crippen LogP contribution in [0, 0.1) is 10.1 Å². The highest BCUT2D eigenvalue weighted by atomic mass is 16.6. The Morgan fingerprint density at radius 2 is 1.66 bits per heavy atom. The summed E-state index contributed by atoms with van der Waals surface area (Å²) in [6.45, 7) is 0. The first-order valence-corrected chi connectivity index (χ1v) is 9.04. The first-order chi connectivity index (χ1) is 14.0. The second-order valence-electron chi connectivity index (χ2n) is 6.68. The maximum atomic E-state index is 11.2. The van der Waals surface area contributed by atoms with Crippen molar-refractivity contribution in [1.82, 2.24) is 0 Å². The van der Waals surface area contributed by atoms with E-state index in [2.05, 4.69) is 16.7 Å². The third kappa shape index (κ3) is 3.14. The summed E-state index contributed by atoms with van der Waals surface area (Å²) in [6.07, 6.45) is 3.52. The van der Waals surface area contributed by atoms with E-state index in [-0.39, 0.29) is 17.2 Å². The number of aromatic nitrogens is 1. The van der Waals surface area contributed by atoms with Crippen LogP contribution in [0.15, 0.2) is 60.7 Å². The number of hydrogen-bond acceptors (Lipinski definition) is 4. The topological polar surface area (TPSA) is 76.5 Å². The average molecular weight is 387 g/mol. The van der Waals surface area contributed by atoms with E-state index in [1.54, 1.807) is 6.08 Å². The molecule has 0 aliphatic heterocycles. The van der Waals surface area contributed by atoms with Crippen LogP contribution < -0.4 is 9.30 Å². The van der Waals surface area contributed by atoms with E-state index in [0.717, 1.165) is 27.4 Å². The van der Waals surface area contributed by atoms with Gasteiger partial charge in [-0.25, -0.2) is 0 Å². The fourth-order valence-corrected chi connectivity index (χ4v) is 3.62.